The maximum Gasteiger partial charge on any atom is 0.218 e. The molecule has 42 heavy (non-hydrogen) atoms. The Bertz CT molecular complexity index is 1730. The summed E-state index contributed by atoms with van der Waals surface area (Å²) in [5.74, 6) is -0.589. The number of fused-ring (bicyclic) bond motifs is 1. The second kappa shape index (κ2) is 11.9. The normalized spacial score (nSPS) is 15.7. The Balaban J connectivity index is 1.42. The fourth-order valence-corrected chi connectivity index (χ4v) is 5.39. The van der Waals surface area contributed by atoms with Crippen molar-refractivity contribution in [3.63, 3.8) is 0 Å². The highest BCUT2D eigenvalue weighted by Crippen LogP contribution is 2.38. The van der Waals surface area contributed by atoms with Crippen LogP contribution in [0, 0.1) is 28.6 Å². The SMILES string of the molecule is N#CCC[C@@H](Nc1c(C#N)cnc2c(Cl)cc(N[C@H](C3=CN(C4CC4)NN3)c3cccnc3F)cc12)c1ccccc1. The first-order chi connectivity index (χ1) is 20.6. The number of nitrogens with one attached hydrogen (secondary N) is 4. The molecule has 1 fully saturated rings. The van der Waals surface area contributed by atoms with Gasteiger partial charge in [-0.2, -0.15) is 14.9 Å². The predicted octanol–water partition coefficient (Wildman–Crippen LogP) is 6.23. The van der Waals surface area contributed by atoms with E-state index in [-0.39, 0.29) is 6.04 Å². The second-order valence-electron chi connectivity index (χ2n) is 10.2. The molecule has 0 saturated heterocycles. The molecule has 2 atom stereocenters. The molecule has 0 spiro atoms. The smallest absolute Gasteiger partial charge is 0.218 e. The summed E-state index contributed by atoms with van der Waals surface area (Å²) in [7, 11) is 0. The van der Waals surface area contributed by atoms with E-state index in [2.05, 4.69) is 43.7 Å². The molecule has 9 nitrogen and oxygen atoms in total. The molecule has 3 heterocycles. The van der Waals surface area contributed by atoms with Gasteiger partial charge in [0.2, 0.25) is 5.95 Å². The molecular weight excluding hydrogens is 553 g/mol. The number of anilines is 2. The zero-order valence-corrected chi connectivity index (χ0v) is 23.2. The highest BCUT2D eigenvalue weighted by Gasteiger charge is 2.33. The van der Waals surface area contributed by atoms with Crippen molar-refractivity contribution in [2.75, 3.05) is 10.6 Å². The Morgan fingerprint density at radius 1 is 1.10 bits per heavy atom. The van der Waals surface area contributed by atoms with Crippen LogP contribution in [0.2, 0.25) is 5.02 Å². The van der Waals surface area contributed by atoms with Gasteiger partial charge in [0.25, 0.3) is 0 Å². The number of nitrogens with zero attached hydrogens (tertiary/aromatic N) is 5. The van der Waals surface area contributed by atoms with Gasteiger partial charge in [0.15, 0.2) is 0 Å². The van der Waals surface area contributed by atoms with Gasteiger partial charge in [-0.15, -0.1) is 5.53 Å². The van der Waals surface area contributed by atoms with Crippen molar-refractivity contribution in [3.05, 3.63) is 107 Å². The summed E-state index contributed by atoms with van der Waals surface area (Å²) in [4.78, 5) is 8.34. The highest BCUT2D eigenvalue weighted by atomic mass is 35.5. The third-order valence-electron chi connectivity index (χ3n) is 7.38. The van der Waals surface area contributed by atoms with E-state index in [1.165, 1.54) is 12.4 Å². The Hall–Kier alpha value is -4.90. The molecule has 0 radical (unpaired) electrons. The maximum atomic E-state index is 15.0. The molecule has 0 unspecified atom stereocenters. The Morgan fingerprint density at radius 3 is 2.67 bits per heavy atom. The van der Waals surface area contributed by atoms with Crippen molar-refractivity contribution in [2.24, 2.45) is 0 Å². The first-order valence-electron chi connectivity index (χ1n) is 13.6. The molecule has 2 aliphatic rings. The molecule has 4 N–H and O–H groups in total. The monoisotopic (exact) mass is 579 g/mol. The molecule has 0 bridgehead atoms. The summed E-state index contributed by atoms with van der Waals surface area (Å²) in [5, 5.41) is 29.2. The van der Waals surface area contributed by atoms with Crippen LogP contribution in [0.5, 0.6) is 0 Å². The zero-order chi connectivity index (χ0) is 29.1. The summed E-state index contributed by atoms with van der Waals surface area (Å²) in [6, 6.07) is 20.7. The average molecular weight is 580 g/mol. The Kier molecular flexibility index (Phi) is 7.74. The fourth-order valence-electron chi connectivity index (χ4n) is 5.12. The number of rotatable bonds is 10. The van der Waals surface area contributed by atoms with E-state index < -0.39 is 12.0 Å². The quantitative estimate of drug-likeness (QED) is 0.162. The summed E-state index contributed by atoms with van der Waals surface area (Å²) < 4.78 is 15.0. The summed E-state index contributed by atoms with van der Waals surface area (Å²) in [6.07, 6.45) is 7.88. The minimum Gasteiger partial charge on any atom is -0.377 e. The lowest BCUT2D eigenvalue weighted by molar-refractivity contribution is 0.260. The van der Waals surface area contributed by atoms with Gasteiger partial charge in [-0.1, -0.05) is 48.0 Å². The minimum absolute atomic E-state index is 0.233. The van der Waals surface area contributed by atoms with Crippen LogP contribution in [-0.2, 0) is 0 Å². The van der Waals surface area contributed by atoms with Crippen LogP contribution in [0.1, 0.15) is 54.5 Å². The summed E-state index contributed by atoms with van der Waals surface area (Å²) in [6.45, 7) is 0. The van der Waals surface area contributed by atoms with Gasteiger partial charge >= 0.3 is 0 Å². The average Bonchev–Trinajstić information content (AvgIpc) is 3.75. The van der Waals surface area contributed by atoms with Crippen LogP contribution in [0.3, 0.4) is 0 Å². The van der Waals surface area contributed by atoms with Gasteiger partial charge in [0.1, 0.15) is 6.07 Å². The van der Waals surface area contributed by atoms with Gasteiger partial charge in [-0.25, -0.2) is 4.98 Å². The number of benzene rings is 2. The molecule has 2 aromatic heterocycles. The van der Waals surface area contributed by atoms with E-state index in [0.29, 0.717) is 63.0 Å². The maximum absolute atomic E-state index is 15.0. The van der Waals surface area contributed by atoms with Gasteiger partial charge in [-0.3, -0.25) is 9.99 Å². The van der Waals surface area contributed by atoms with E-state index in [1.807, 2.05) is 47.6 Å². The molecule has 1 saturated carbocycles. The third kappa shape index (κ3) is 5.64. The van der Waals surface area contributed by atoms with E-state index >= 15 is 4.39 Å². The largest absolute Gasteiger partial charge is 0.377 e. The van der Waals surface area contributed by atoms with Gasteiger partial charge < -0.3 is 16.1 Å². The van der Waals surface area contributed by atoms with Crippen LogP contribution < -0.4 is 21.6 Å². The second-order valence-corrected chi connectivity index (χ2v) is 10.6. The third-order valence-corrected chi connectivity index (χ3v) is 7.67. The topological polar surface area (TPSA) is 125 Å². The van der Waals surface area contributed by atoms with E-state index in [0.717, 1.165) is 18.4 Å². The number of hydrogen-bond donors (Lipinski definition) is 4. The molecule has 4 aromatic rings. The number of halogens is 2. The highest BCUT2D eigenvalue weighted by molar-refractivity contribution is 6.35. The van der Waals surface area contributed by atoms with Gasteiger partial charge in [0, 0.05) is 47.7 Å². The lowest BCUT2D eigenvalue weighted by Crippen LogP contribution is -2.38. The molecule has 0 amide bonds. The number of hydrazine groups is 2. The molecule has 2 aromatic carbocycles. The van der Waals surface area contributed by atoms with Gasteiger partial charge in [-0.05, 0) is 43.0 Å². The number of pyridine rings is 2. The van der Waals surface area contributed by atoms with Crippen molar-refractivity contribution in [2.45, 2.75) is 43.8 Å². The van der Waals surface area contributed by atoms with Crippen LogP contribution >= 0.6 is 11.6 Å². The predicted molar refractivity (Wildman–Crippen MR) is 159 cm³/mol. The lowest BCUT2D eigenvalue weighted by Gasteiger charge is -2.24. The molecule has 1 aliphatic heterocycles. The standard InChI is InChI=1S/C31H27ClFN9/c32-25-15-21(38-30(23-8-5-13-36-31(23)33)27-18-42(41-40-27)22-10-11-22)14-24-28(20(16-35)17-37-29(24)25)39-26(9-4-12-34)19-6-2-1-3-7-19/h1-3,5-8,13-15,17-18,22,26,30,38,40-41H,4,9-11H2,(H,37,39)/t26-,30+/m1/s1. The van der Waals surface area contributed by atoms with Crippen molar-refractivity contribution in [1.29, 1.82) is 10.5 Å². The molecule has 1 aliphatic carbocycles. The number of aromatic nitrogens is 2. The molecular formula is C31H27ClFN9. The van der Waals surface area contributed by atoms with Crippen molar-refractivity contribution in [1.82, 2.24) is 25.9 Å². The Morgan fingerprint density at radius 2 is 1.93 bits per heavy atom. The fraction of sp³-hybridized carbons (Fsp3) is 0.226. The summed E-state index contributed by atoms with van der Waals surface area (Å²) >= 11 is 6.77. The number of nitriles is 2. The Labute approximate surface area is 247 Å². The first-order valence-corrected chi connectivity index (χ1v) is 14.0. The van der Waals surface area contributed by atoms with Gasteiger partial charge in [0.05, 0.1) is 45.6 Å². The lowest BCUT2D eigenvalue weighted by atomic mass is 10.00. The minimum atomic E-state index is -0.625. The zero-order valence-electron chi connectivity index (χ0n) is 22.5. The summed E-state index contributed by atoms with van der Waals surface area (Å²) in [5.41, 5.74) is 10.4. The van der Waals surface area contributed by atoms with Crippen molar-refractivity contribution >= 4 is 33.9 Å². The van der Waals surface area contributed by atoms with Crippen LogP contribution in [0.25, 0.3) is 10.9 Å². The van der Waals surface area contributed by atoms with Crippen molar-refractivity contribution < 1.29 is 4.39 Å². The number of hydrogen-bond acceptors (Lipinski definition) is 9. The van der Waals surface area contributed by atoms with E-state index in [9.17, 15) is 10.5 Å². The van der Waals surface area contributed by atoms with E-state index in [4.69, 9.17) is 11.6 Å². The molecule has 210 valence electrons. The van der Waals surface area contributed by atoms with E-state index in [1.54, 1.807) is 18.2 Å². The first kappa shape index (κ1) is 27.3. The van der Waals surface area contributed by atoms with Crippen LogP contribution in [-0.4, -0.2) is 21.0 Å². The van der Waals surface area contributed by atoms with Crippen LogP contribution in [0.15, 0.2) is 78.9 Å². The molecule has 6 rings (SSSR count). The molecule has 11 heteroatoms. The van der Waals surface area contributed by atoms with Crippen molar-refractivity contribution in [3.8, 4) is 12.1 Å². The van der Waals surface area contributed by atoms with Crippen LogP contribution in [0.4, 0.5) is 15.8 Å².